The number of hydrogen-bond acceptors (Lipinski definition) is 2. The minimum Gasteiger partial charge on any atom is -0.456 e. The molecule has 0 aliphatic carbocycles. The fourth-order valence-corrected chi connectivity index (χ4v) is 2.01. The zero-order valence-electron chi connectivity index (χ0n) is 9.64. The lowest BCUT2D eigenvalue weighted by Crippen LogP contribution is -2.05. The highest BCUT2D eigenvalue weighted by molar-refractivity contribution is 5.82. The van der Waals surface area contributed by atoms with Gasteiger partial charge in [0.2, 0.25) is 0 Å². The summed E-state index contributed by atoms with van der Waals surface area (Å²) in [4.78, 5) is 0. The normalized spacial score (nSPS) is 11.2. The number of benzene rings is 1. The topological polar surface area (TPSA) is 25.2 Å². The van der Waals surface area contributed by atoms with Crippen LogP contribution in [0.2, 0.25) is 0 Å². The molecular weight excluding hydrogens is 205 g/mol. The standard InChI is InChI=1S/C13H16FNO/c1-3-5-9-10-6-4-7-11(14)13(10)16-12(9)8-15-2/h4,6-7,15H,3,5,8H2,1-2H3. The molecule has 1 aromatic carbocycles. The summed E-state index contributed by atoms with van der Waals surface area (Å²) in [5, 5.41) is 3.96. The van der Waals surface area contributed by atoms with Gasteiger partial charge in [0.15, 0.2) is 11.4 Å². The quantitative estimate of drug-likeness (QED) is 0.857. The van der Waals surface area contributed by atoms with Gasteiger partial charge in [0, 0.05) is 10.9 Å². The number of aryl methyl sites for hydroxylation is 1. The number of hydrogen-bond donors (Lipinski definition) is 1. The smallest absolute Gasteiger partial charge is 0.170 e. The highest BCUT2D eigenvalue weighted by Crippen LogP contribution is 2.28. The second kappa shape index (κ2) is 4.66. The van der Waals surface area contributed by atoms with Gasteiger partial charge in [0.1, 0.15) is 5.76 Å². The van der Waals surface area contributed by atoms with E-state index in [0.29, 0.717) is 12.1 Å². The molecule has 1 aromatic heterocycles. The molecule has 0 saturated carbocycles. The van der Waals surface area contributed by atoms with Crippen LogP contribution in [0, 0.1) is 5.82 Å². The first kappa shape index (κ1) is 11.1. The molecule has 0 fully saturated rings. The molecule has 2 aromatic rings. The summed E-state index contributed by atoms with van der Waals surface area (Å²) < 4.78 is 19.1. The van der Waals surface area contributed by atoms with E-state index in [-0.39, 0.29) is 5.82 Å². The van der Waals surface area contributed by atoms with Crippen molar-refractivity contribution in [1.82, 2.24) is 5.32 Å². The zero-order valence-corrected chi connectivity index (χ0v) is 9.64. The molecule has 0 bridgehead atoms. The lowest BCUT2D eigenvalue weighted by atomic mass is 10.1. The van der Waals surface area contributed by atoms with E-state index < -0.39 is 0 Å². The molecule has 86 valence electrons. The summed E-state index contributed by atoms with van der Waals surface area (Å²) in [6, 6.07) is 5.09. The molecule has 2 rings (SSSR count). The van der Waals surface area contributed by atoms with Crippen molar-refractivity contribution in [2.24, 2.45) is 0 Å². The molecule has 0 atom stereocenters. The first-order chi connectivity index (χ1) is 7.77. The molecule has 0 aliphatic heterocycles. The largest absolute Gasteiger partial charge is 0.456 e. The minimum absolute atomic E-state index is 0.280. The number of para-hydroxylation sites is 1. The summed E-state index contributed by atoms with van der Waals surface area (Å²) in [7, 11) is 1.86. The van der Waals surface area contributed by atoms with E-state index in [1.807, 2.05) is 13.1 Å². The number of nitrogens with one attached hydrogen (secondary N) is 1. The fourth-order valence-electron chi connectivity index (χ4n) is 2.01. The van der Waals surface area contributed by atoms with E-state index in [2.05, 4.69) is 12.2 Å². The summed E-state index contributed by atoms with van der Waals surface area (Å²) in [5.41, 5.74) is 1.52. The fraction of sp³-hybridized carbons (Fsp3) is 0.385. The molecule has 0 unspecified atom stereocenters. The Kier molecular flexibility index (Phi) is 3.25. The first-order valence-electron chi connectivity index (χ1n) is 5.61. The second-order valence-corrected chi connectivity index (χ2v) is 3.90. The Bertz CT molecular complexity index is 490. The molecule has 3 heteroatoms. The van der Waals surface area contributed by atoms with E-state index in [0.717, 1.165) is 29.6 Å². The molecule has 16 heavy (non-hydrogen) atoms. The van der Waals surface area contributed by atoms with Gasteiger partial charge in [-0.1, -0.05) is 25.5 Å². The van der Waals surface area contributed by atoms with Crippen LogP contribution in [0.4, 0.5) is 4.39 Å². The van der Waals surface area contributed by atoms with Crippen molar-refractivity contribution < 1.29 is 8.81 Å². The molecule has 0 radical (unpaired) electrons. The average molecular weight is 221 g/mol. The number of fused-ring (bicyclic) bond motifs is 1. The zero-order chi connectivity index (χ0) is 11.5. The van der Waals surface area contributed by atoms with Crippen LogP contribution < -0.4 is 5.32 Å². The van der Waals surface area contributed by atoms with Crippen molar-refractivity contribution in [3.63, 3.8) is 0 Å². The Morgan fingerprint density at radius 3 is 2.88 bits per heavy atom. The van der Waals surface area contributed by atoms with Crippen molar-refractivity contribution in [1.29, 1.82) is 0 Å². The van der Waals surface area contributed by atoms with Crippen LogP contribution >= 0.6 is 0 Å². The number of rotatable bonds is 4. The van der Waals surface area contributed by atoms with Crippen molar-refractivity contribution in [3.05, 3.63) is 35.3 Å². The molecule has 1 heterocycles. The van der Waals surface area contributed by atoms with Gasteiger partial charge in [0.25, 0.3) is 0 Å². The van der Waals surface area contributed by atoms with Gasteiger partial charge in [-0.05, 0) is 19.5 Å². The maximum Gasteiger partial charge on any atom is 0.170 e. The van der Waals surface area contributed by atoms with Crippen LogP contribution in [0.1, 0.15) is 24.7 Å². The Morgan fingerprint density at radius 1 is 1.38 bits per heavy atom. The van der Waals surface area contributed by atoms with Gasteiger partial charge in [-0.25, -0.2) is 4.39 Å². The van der Waals surface area contributed by atoms with Crippen LogP contribution in [0.15, 0.2) is 22.6 Å². The van der Waals surface area contributed by atoms with E-state index in [1.54, 1.807) is 6.07 Å². The SMILES string of the molecule is CCCc1c(CNC)oc2c(F)cccc12. The van der Waals surface area contributed by atoms with Crippen molar-refractivity contribution in [2.45, 2.75) is 26.3 Å². The van der Waals surface area contributed by atoms with Crippen molar-refractivity contribution >= 4 is 11.0 Å². The number of furan rings is 1. The lowest BCUT2D eigenvalue weighted by Gasteiger charge is -1.99. The highest BCUT2D eigenvalue weighted by atomic mass is 19.1. The second-order valence-electron chi connectivity index (χ2n) is 3.90. The predicted molar refractivity (Wildman–Crippen MR) is 62.9 cm³/mol. The lowest BCUT2D eigenvalue weighted by molar-refractivity contribution is 0.501. The van der Waals surface area contributed by atoms with Crippen molar-refractivity contribution in [2.75, 3.05) is 7.05 Å². The first-order valence-corrected chi connectivity index (χ1v) is 5.61. The van der Waals surface area contributed by atoms with Gasteiger partial charge in [-0.3, -0.25) is 0 Å². The van der Waals surface area contributed by atoms with E-state index in [1.165, 1.54) is 6.07 Å². The monoisotopic (exact) mass is 221 g/mol. The number of halogens is 1. The van der Waals surface area contributed by atoms with Crippen LogP contribution in [0.5, 0.6) is 0 Å². The van der Waals surface area contributed by atoms with Crippen LogP contribution in [0.3, 0.4) is 0 Å². The summed E-state index contributed by atoms with van der Waals surface area (Å²) >= 11 is 0. The van der Waals surface area contributed by atoms with Gasteiger partial charge in [0.05, 0.1) is 6.54 Å². The van der Waals surface area contributed by atoms with Crippen molar-refractivity contribution in [3.8, 4) is 0 Å². The van der Waals surface area contributed by atoms with E-state index in [9.17, 15) is 4.39 Å². The molecule has 0 aliphatic rings. The van der Waals surface area contributed by atoms with Gasteiger partial charge in [-0.2, -0.15) is 0 Å². The summed E-state index contributed by atoms with van der Waals surface area (Å²) in [6.45, 7) is 2.75. The van der Waals surface area contributed by atoms with E-state index >= 15 is 0 Å². The predicted octanol–water partition coefficient (Wildman–Crippen LogP) is 3.24. The van der Waals surface area contributed by atoms with Gasteiger partial charge in [-0.15, -0.1) is 0 Å². The van der Waals surface area contributed by atoms with Crippen LogP contribution in [-0.4, -0.2) is 7.05 Å². The summed E-state index contributed by atoms with van der Waals surface area (Å²) in [5.74, 6) is 0.571. The third kappa shape index (κ3) is 1.83. The molecular formula is C13H16FNO. The Balaban J connectivity index is 2.60. The highest BCUT2D eigenvalue weighted by Gasteiger charge is 2.15. The van der Waals surface area contributed by atoms with Gasteiger partial charge < -0.3 is 9.73 Å². The minimum atomic E-state index is -0.280. The third-order valence-electron chi connectivity index (χ3n) is 2.69. The molecule has 0 spiro atoms. The molecule has 0 amide bonds. The third-order valence-corrected chi connectivity index (χ3v) is 2.69. The maximum atomic E-state index is 13.5. The average Bonchev–Trinajstić information content (AvgIpc) is 2.61. The Labute approximate surface area is 94.4 Å². The van der Waals surface area contributed by atoms with Crippen LogP contribution in [0.25, 0.3) is 11.0 Å². The van der Waals surface area contributed by atoms with E-state index in [4.69, 9.17) is 4.42 Å². The molecule has 1 N–H and O–H groups in total. The molecule has 0 saturated heterocycles. The van der Waals surface area contributed by atoms with Gasteiger partial charge >= 0.3 is 0 Å². The van der Waals surface area contributed by atoms with Crippen LogP contribution in [-0.2, 0) is 13.0 Å². The molecule has 2 nitrogen and oxygen atoms in total. The Hall–Kier alpha value is -1.35. The maximum absolute atomic E-state index is 13.5. The Morgan fingerprint density at radius 2 is 2.19 bits per heavy atom. The summed E-state index contributed by atoms with van der Waals surface area (Å²) in [6.07, 6.45) is 1.95.